The summed E-state index contributed by atoms with van der Waals surface area (Å²) in [6.45, 7) is 7.53. The van der Waals surface area contributed by atoms with E-state index < -0.39 is 0 Å². The lowest BCUT2D eigenvalue weighted by atomic mass is 10.1. The van der Waals surface area contributed by atoms with Gasteiger partial charge >= 0.3 is 0 Å². The zero-order valence-corrected chi connectivity index (χ0v) is 10.2. The normalized spacial score (nSPS) is 33.4. The number of rotatable bonds is 4. The second kappa shape index (κ2) is 5.86. The summed E-state index contributed by atoms with van der Waals surface area (Å²) in [5.41, 5.74) is 0. The maximum absolute atomic E-state index is 3.72. The minimum atomic E-state index is 0.824. The van der Waals surface area contributed by atoms with Gasteiger partial charge in [-0.2, -0.15) is 0 Å². The first-order valence-corrected chi connectivity index (χ1v) is 6.80. The minimum Gasteiger partial charge on any atom is -0.313 e. The van der Waals surface area contributed by atoms with Gasteiger partial charge in [-0.25, -0.2) is 0 Å². The van der Waals surface area contributed by atoms with Crippen LogP contribution < -0.4 is 5.32 Å². The predicted octanol–water partition coefficient (Wildman–Crippen LogP) is 2.25. The van der Waals surface area contributed by atoms with Gasteiger partial charge in [-0.3, -0.25) is 0 Å². The molecule has 1 saturated carbocycles. The monoisotopic (exact) mass is 210 g/mol. The minimum absolute atomic E-state index is 0.824. The number of piperidine rings is 1. The van der Waals surface area contributed by atoms with Crippen LogP contribution >= 0.6 is 0 Å². The van der Waals surface area contributed by atoms with Crippen molar-refractivity contribution in [1.82, 2.24) is 10.2 Å². The van der Waals surface area contributed by atoms with Crippen LogP contribution in [-0.2, 0) is 0 Å². The van der Waals surface area contributed by atoms with E-state index >= 15 is 0 Å². The Labute approximate surface area is 94.4 Å². The van der Waals surface area contributed by atoms with E-state index in [0.717, 1.165) is 12.0 Å². The number of hydrogen-bond acceptors (Lipinski definition) is 2. The van der Waals surface area contributed by atoms with Crippen molar-refractivity contribution in [3.05, 3.63) is 0 Å². The van der Waals surface area contributed by atoms with Crippen LogP contribution in [0.15, 0.2) is 0 Å². The van der Waals surface area contributed by atoms with Gasteiger partial charge in [0.05, 0.1) is 0 Å². The molecule has 2 nitrogen and oxygen atoms in total. The second-order valence-electron chi connectivity index (χ2n) is 5.47. The maximum atomic E-state index is 3.72. The van der Waals surface area contributed by atoms with Gasteiger partial charge < -0.3 is 10.2 Å². The highest BCUT2D eigenvalue weighted by Crippen LogP contribution is 2.24. The molecule has 0 bridgehead atoms. The van der Waals surface area contributed by atoms with E-state index in [-0.39, 0.29) is 0 Å². The fraction of sp³-hybridized carbons (Fsp3) is 1.00. The first-order valence-electron chi connectivity index (χ1n) is 6.80. The molecule has 0 radical (unpaired) electrons. The summed E-state index contributed by atoms with van der Waals surface area (Å²) in [6.07, 6.45) is 8.52. The molecular formula is C13H26N2. The van der Waals surface area contributed by atoms with E-state index in [1.807, 2.05) is 0 Å². The molecule has 0 aromatic carbocycles. The van der Waals surface area contributed by atoms with Gasteiger partial charge in [-0.15, -0.1) is 0 Å². The van der Waals surface area contributed by atoms with E-state index in [1.54, 1.807) is 0 Å². The van der Waals surface area contributed by atoms with Crippen molar-refractivity contribution in [2.75, 3.05) is 26.2 Å². The summed E-state index contributed by atoms with van der Waals surface area (Å²) >= 11 is 0. The molecule has 1 aliphatic carbocycles. The van der Waals surface area contributed by atoms with E-state index in [0.29, 0.717) is 0 Å². The van der Waals surface area contributed by atoms with Crippen LogP contribution in [0.25, 0.3) is 0 Å². The Bertz CT molecular complexity index is 171. The third-order valence-corrected chi connectivity index (χ3v) is 4.00. The van der Waals surface area contributed by atoms with Gasteiger partial charge in [0.2, 0.25) is 0 Å². The second-order valence-corrected chi connectivity index (χ2v) is 5.47. The quantitative estimate of drug-likeness (QED) is 0.765. The third kappa shape index (κ3) is 3.76. The molecular weight excluding hydrogens is 184 g/mol. The van der Waals surface area contributed by atoms with Gasteiger partial charge in [0.15, 0.2) is 0 Å². The highest BCUT2D eigenvalue weighted by molar-refractivity contribution is 4.78. The van der Waals surface area contributed by atoms with Crippen LogP contribution in [0.4, 0.5) is 0 Å². The van der Waals surface area contributed by atoms with Crippen LogP contribution in [-0.4, -0.2) is 37.1 Å². The lowest BCUT2D eigenvalue weighted by Gasteiger charge is -2.27. The van der Waals surface area contributed by atoms with Gasteiger partial charge in [0, 0.05) is 19.1 Å². The van der Waals surface area contributed by atoms with Crippen molar-refractivity contribution in [3.63, 3.8) is 0 Å². The molecule has 1 saturated heterocycles. The van der Waals surface area contributed by atoms with Crippen LogP contribution in [0, 0.1) is 5.92 Å². The molecule has 0 spiro atoms. The molecule has 88 valence electrons. The molecule has 15 heavy (non-hydrogen) atoms. The van der Waals surface area contributed by atoms with E-state index in [4.69, 9.17) is 0 Å². The number of hydrogen-bond donors (Lipinski definition) is 1. The fourth-order valence-corrected chi connectivity index (χ4v) is 3.00. The van der Waals surface area contributed by atoms with Crippen molar-refractivity contribution in [2.45, 2.75) is 51.5 Å². The van der Waals surface area contributed by atoms with Crippen molar-refractivity contribution in [2.24, 2.45) is 5.92 Å². The number of likely N-dealkylation sites (tertiary alicyclic amines) is 1. The average molecular weight is 210 g/mol. The molecule has 2 rings (SSSR count). The standard InChI is InChI=1S/C13H26N2/c1-12-5-6-13(11-12)14-7-10-15-8-3-2-4-9-15/h12-14H,2-11H2,1H3/t12-,13-/m0/s1. The summed E-state index contributed by atoms with van der Waals surface area (Å²) < 4.78 is 0. The molecule has 2 heteroatoms. The van der Waals surface area contributed by atoms with Gasteiger partial charge in [-0.1, -0.05) is 13.3 Å². The van der Waals surface area contributed by atoms with E-state index in [2.05, 4.69) is 17.1 Å². The summed E-state index contributed by atoms with van der Waals surface area (Å²) in [6, 6.07) is 0.824. The Morgan fingerprint density at radius 3 is 2.60 bits per heavy atom. The molecule has 1 aliphatic heterocycles. The molecule has 1 N–H and O–H groups in total. The van der Waals surface area contributed by atoms with Gasteiger partial charge in [-0.05, 0) is 51.1 Å². The molecule has 0 unspecified atom stereocenters. The number of nitrogens with one attached hydrogen (secondary N) is 1. The SMILES string of the molecule is C[C@H]1CC[C@H](NCCN2CCCCC2)C1. The topological polar surface area (TPSA) is 15.3 Å². The van der Waals surface area contributed by atoms with Crippen molar-refractivity contribution >= 4 is 0 Å². The Balaban J connectivity index is 1.54. The molecule has 2 aliphatic rings. The third-order valence-electron chi connectivity index (χ3n) is 4.00. The van der Waals surface area contributed by atoms with E-state index in [1.165, 1.54) is 64.7 Å². The summed E-state index contributed by atoms with van der Waals surface area (Å²) in [4.78, 5) is 2.62. The first kappa shape index (κ1) is 11.4. The maximum Gasteiger partial charge on any atom is 0.0107 e. The fourth-order valence-electron chi connectivity index (χ4n) is 3.00. The lowest BCUT2D eigenvalue weighted by molar-refractivity contribution is 0.226. The zero-order valence-electron chi connectivity index (χ0n) is 10.2. The van der Waals surface area contributed by atoms with Crippen LogP contribution in [0.5, 0.6) is 0 Å². The molecule has 2 atom stereocenters. The highest BCUT2D eigenvalue weighted by atomic mass is 15.1. The summed E-state index contributed by atoms with van der Waals surface area (Å²) in [7, 11) is 0. The molecule has 0 aromatic rings. The van der Waals surface area contributed by atoms with Gasteiger partial charge in [0.1, 0.15) is 0 Å². The zero-order chi connectivity index (χ0) is 10.5. The Morgan fingerprint density at radius 1 is 1.13 bits per heavy atom. The van der Waals surface area contributed by atoms with E-state index in [9.17, 15) is 0 Å². The number of nitrogens with zero attached hydrogens (tertiary/aromatic N) is 1. The van der Waals surface area contributed by atoms with Gasteiger partial charge in [0.25, 0.3) is 0 Å². The largest absolute Gasteiger partial charge is 0.313 e. The molecule has 2 fully saturated rings. The van der Waals surface area contributed by atoms with Crippen LogP contribution in [0.1, 0.15) is 45.4 Å². The summed E-state index contributed by atoms with van der Waals surface area (Å²) in [5.74, 6) is 0.956. The average Bonchev–Trinajstić information content (AvgIpc) is 2.66. The first-order chi connectivity index (χ1) is 7.34. The Kier molecular flexibility index (Phi) is 4.45. The highest BCUT2D eigenvalue weighted by Gasteiger charge is 2.20. The van der Waals surface area contributed by atoms with Crippen molar-refractivity contribution in [1.29, 1.82) is 0 Å². The van der Waals surface area contributed by atoms with Crippen LogP contribution in [0.3, 0.4) is 0 Å². The molecule has 0 aromatic heterocycles. The smallest absolute Gasteiger partial charge is 0.0107 e. The van der Waals surface area contributed by atoms with Crippen molar-refractivity contribution in [3.8, 4) is 0 Å². The Hall–Kier alpha value is -0.0800. The molecule has 1 heterocycles. The van der Waals surface area contributed by atoms with Crippen molar-refractivity contribution < 1.29 is 0 Å². The Morgan fingerprint density at radius 2 is 1.93 bits per heavy atom. The van der Waals surface area contributed by atoms with Crippen LogP contribution in [0.2, 0.25) is 0 Å². The summed E-state index contributed by atoms with van der Waals surface area (Å²) in [5, 5.41) is 3.72. The predicted molar refractivity (Wildman–Crippen MR) is 65.1 cm³/mol. The molecule has 0 amide bonds. The lowest BCUT2D eigenvalue weighted by Crippen LogP contribution is -2.38.